The van der Waals surface area contributed by atoms with Gasteiger partial charge in [-0.2, -0.15) is 0 Å². The smallest absolute Gasteiger partial charge is 0.159 e. The summed E-state index contributed by atoms with van der Waals surface area (Å²) in [6.45, 7) is 6.03. The van der Waals surface area contributed by atoms with Crippen molar-refractivity contribution in [2.45, 2.75) is 45.5 Å². The second kappa shape index (κ2) is 5.80. The third kappa shape index (κ3) is 3.41. The number of hydrogen-bond acceptors (Lipinski definition) is 3. The summed E-state index contributed by atoms with van der Waals surface area (Å²) in [5, 5.41) is 10.6. The van der Waals surface area contributed by atoms with Crippen LogP contribution in [0.25, 0.3) is 0 Å². The summed E-state index contributed by atoms with van der Waals surface area (Å²) < 4.78 is 10.3. The molecule has 0 bridgehead atoms. The van der Waals surface area contributed by atoms with Gasteiger partial charge in [-0.3, -0.25) is 0 Å². The van der Waals surface area contributed by atoms with E-state index in [-0.39, 0.29) is 12.2 Å². The van der Waals surface area contributed by atoms with E-state index in [0.717, 1.165) is 6.42 Å². The minimum Gasteiger partial charge on any atom is -0.389 e. The van der Waals surface area contributed by atoms with E-state index in [2.05, 4.69) is 26.0 Å². The highest BCUT2D eigenvalue weighted by Crippen LogP contribution is 2.36. The fourth-order valence-electron chi connectivity index (χ4n) is 2.43. The van der Waals surface area contributed by atoms with Gasteiger partial charge in [0.25, 0.3) is 0 Å². The lowest BCUT2D eigenvalue weighted by Gasteiger charge is -2.37. The molecule has 0 aliphatic heterocycles. The number of hydrogen-bond donors (Lipinski definition) is 1. The predicted octanol–water partition coefficient (Wildman–Crippen LogP) is 2.66. The van der Waals surface area contributed by atoms with Crippen molar-refractivity contribution in [1.82, 2.24) is 0 Å². The van der Waals surface area contributed by atoms with E-state index in [0.29, 0.717) is 6.42 Å². The van der Waals surface area contributed by atoms with Crippen LogP contribution in [0, 0.1) is 5.92 Å². The maximum Gasteiger partial charge on any atom is 0.159 e. The van der Waals surface area contributed by atoms with Crippen LogP contribution < -0.4 is 0 Å². The largest absolute Gasteiger partial charge is 0.389 e. The molecule has 0 amide bonds. The first-order valence-electron chi connectivity index (χ1n) is 6.04. The molecule has 0 saturated carbocycles. The molecule has 1 aliphatic rings. The number of aliphatic hydroxyl groups is 1. The highest BCUT2D eigenvalue weighted by atomic mass is 16.7. The van der Waals surface area contributed by atoms with Crippen molar-refractivity contribution in [3.63, 3.8) is 0 Å². The van der Waals surface area contributed by atoms with Crippen LogP contribution in [0.15, 0.2) is 23.3 Å². The van der Waals surface area contributed by atoms with Crippen molar-refractivity contribution in [3.8, 4) is 0 Å². The molecular formula is C14H24O3. The van der Waals surface area contributed by atoms with Crippen molar-refractivity contribution in [2.75, 3.05) is 14.2 Å². The third-order valence-electron chi connectivity index (χ3n) is 3.74. The second-order valence-corrected chi connectivity index (χ2v) is 5.02. The van der Waals surface area contributed by atoms with E-state index in [1.165, 1.54) is 11.1 Å². The topological polar surface area (TPSA) is 38.7 Å². The summed E-state index contributed by atoms with van der Waals surface area (Å²) in [4.78, 5) is 0. The number of ether oxygens (including phenoxy) is 2. The number of rotatable bonds is 5. The van der Waals surface area contributed by atoms with Crippen LogP contribution in [0.2, 0.25) is 0 Å². The normalized spacial score (nSPS) is 24.3. The van der Waals surface area contributed by atoms with Crippen LogP contribution in [0.3, 0.4) is 0 Å². The molecule has 0 heterocycles. The van der Waals surface area contributed by atoms with Gasteiger partial charge in [-0.15, -0.1) is 0 Å². The first-order chi connectivity index (χ1) is 7.92. The van der Waals surface area contributed by atoms with Gasteiger partial charge in [0.1, 0.15) is 0 Å². The van der Waals surface area contributed by atoms with E-state index in [1.54, 1.807) is 14.2 Å². The molecule has 17 heavy (non-hydrogen) atoms. The molecule has 0 aromatic rings. The van der Waals surface area contributed by atoms with Crippen LogP contribution in [-0.4, -0.2) is 31.2 Å². The molecule has 1 aliphatic carbocycles. The quantitative estimate of drug-likeness (QED) is 0.751. The summed E-state index contributed by atoms with van der Waals surface area (Å²) in [5.41, 5.74) is 1.68. The van der Waals surface area contributed by atoms with E-state index in [4.69, 9.17) is 9.47 Å². The summed E-state index contributed by atoms with van der Waals surface area (Å²) in [7, 11) is 3.19. The summed E-state index contributed by atoms with van der Waals surface area (Å²) in [5.74, 6) is 0.139. The van der Waals surface area contributed by atoms with Gasteiger partial charge in [0.05, 0.1) is 5.60 Å². The van der Waals surface area contributed by atoms with Crippen molar-refractivity contribution < 1.29 is 14.6 Å². The molecule has 0 saturated heterocycles. The minimum atomic E-state index is -0.813. The lowest BCUT2D eigenvalue weighted by Crippen LogP contribution is -2.40. The standard InChI is InChI=1S/C14H24O3/c1-10-7-6-8-12(11(10)2)14(3,15)9-13(16-4)17-5/h6-7,12-13,15H,8-9H2,1-5H3. The van der Waals surface area contributed by atoms with Crippen molar-refractivity contribution >= 4 is 0 Å². The van der Waals surface area contributed by atoms with Crippen LogP contribution in [-0.2, 0) is 9.47 Å². The van der Waals surface area contributed by atoms with Gasteiger partial charge < -0.3 is 14.6 Å². The Morgan fingerprint density at radius 3 is 2.53 bits per heavy atom. The van der Waals surface area contributed by atoms with Gasteiger partial charge in [0.2, 0.25) is 0 Å². The molecule has 3 heteroatoms. The number of methoxy groups -OCH3 is 2. The van der Waals surface area contributed by atoms with Gasteiger partial charge in [0, 0.05) is 26.6 Å². The van der Waals surface area contributed by atoms with Gasteiger partial charge in [-0.1, -0.05) is 23.3 Å². The molecule has 0 radical (unpaired) electrons. The molecule has 2 atom stereocenters. The molecule has 0 aromatic carbocycles. The lowest BCUT2D eigenvalue weighted by molar-refractivity contribution is -0.148. The van der Waals surface area contributed by atoms with Gasteiger partial charge in [-0.05, 0) is 27.2 Å². The Kier molecular flexibility index (Phi) is 4.92. The van der Waals surface area contributed by atoms with E-state index >= 15 is 0 Å². The zero-order valence-corrected chi connectivity index (χ0v) is 11.5. The maximum absolute atomic E-state index is 10.6. The van der Waals surface area contributed by atoms with Crippen molar-refractivity contribution in [3.05, 3.63) is 23.3 Å². The molecule has 2 unspecified atom stereocenters. The summed E-state index contributed by atoms with van der Waals surface area (Å²) >= 11 is 0. The third-order valence-corrected chi connectivity index (χ3v) is 3.74. The Hall–Kier alpha value is -0.640. The van der Waals surface area contributed by atoms with E-state index in [9.17, 15) is 5.11 Å². The Labute approximate surface area is 104 Å². The van der Waals surface area contributed by atoms with Gasteiger partial charge in [0.15, 0.2) is 6.29 Å². The molecule has 0 aromatic heterocycles. The zero-order valence-electron chi connectivity index (χ0n) is 11.5. The molecule has 0 spiro atoms. The summed E-state index contributed by atoms with van der Waals surface area (Å²) in [6, 6.07) is 0. The Morgan fingerprint density at radius 2 is 2.00 bits per heavy atom. The van der Waals surface area contributed by atoms with E-state index < -0.39 is 5.60 Å². The lowest BCUT2D eigenvalue weighted by atomic mass is 9.75. The highest BCUT2D eigenvalue weighted by molar-refractivity contribution is 5.30. The summed E-state index contributed by atoms with van der Waals surface area (Å²) in [6.07, 6.45) is 5.23. The fourth-order valence-corrected chi connectivity index (χ4v) is 2.43. The first kappa shape index (κ1) is 14.4. The van der Waals surface area contributed by atoms with Crippen LogP contribution in [0.4, 0.5) is 0 Å². The van der Waals surface area contributed by atoms with Crippen LogP contribution in [0.5, 0.6) is 0 Å². The zero-order chi connectivity index (χ0) is 13.1. The second-order valence-electron chi connectivity index (χ2n) is 5.02. The molecule has 0 fully saturated rings. The van der Waals surface area contributed by atoms with Crippen LogP contribution in [0.1, 0.15) is 33.6 Å². The molecule has 98 valence electrons. The average Bonchev–Trinajstić information content (AvgIpc) is 2.29. The Morgan fingerprint density at radius 1 is 1.41 bits per heavy atom. The van der Waals surface area contributed by atoms with Gasteiger partial charge in [-0.25, -0.2) is 0 Å². The van der Waals surface area contributed by atoms with Crippen molar-refractivity contribution in [2.24, 2.45) is 5.92 Å². The van der Waals surface area contributed by atoms with Crippen molar-refractivity contribution in [1.29, 1.82) is 0 Å². The Bertz CT molecular complexity index is 311. The average molecular weight is 240 g/mol. The Balaban J connectivity index is 2.80. The molecule has 1 N–H and O–H groups in total. The molecular weight excluding hydrogens is 216 g/mol. The monoisotopic (exact) mass is 240 g/mol. The van der Waals surface area contributed by atoms with Gasteiger partial charge >= 0.3 is 0 Å². The SMILES string of the molecule is COC(CC(C)(O)C1CC=CC(C)=C1C)OC. The first-order valence-corrected chi connectivity index (χ1v) is 6.04. The van der Waals surface area contributed by atoms with E-state index in [1.807, 2.05) is 6.92 Å². The highest BCUT2D eigenvalue weighted by Gasteiger charge is 2.36. The fraction of sp³-hybridized carbons (Fsp3) is 0.714. The van der Waals surface area contributed by atoms with Crippen LogP contribution >= 0.6 is 0 Å². The molecule has 1 rings (SSSR count). The molecule has 3 nitrogen and oxygen atoms in total. The minimum absolute atomic E-state index is 0.139. The predicted molar refractivity (Wildman–Crippen MR) is 68.7 cm³/mol. The maximum atomic E-state index is 10.6. The number of allylic oxidation sites excluding steroid dienone is 3.